The summed E-state index contributed by atoms with van der Waals surface area (Å²) in [6.07, 6.45) is 11.7. The zero-order valence-corrected chi connectivity index (χ0v) is 18.4. The number of fused-ring (bicyclic) bond motifs is 5. The van der Waals surface area contributed by atoms with Gasteiger partial charge in [0.05, 0.1) is 10.9 Å². The first kappa shape index (κ1) is 17.7. The van der Waals surface area contributed by atoms with Gasteiger partial charge >= 0.3 is 0 Å². The molecule has 1 aliphatic heterocycles. The molecule has 2 bridgehead atoms. The van der Waals surface area contributed by atoms with Gasteiger partial charge in [0.1, 0.15) is 18.5 Å². The third-order valence-corrected chi connectivity index (χ3v) is 8.41. The van der Waals surface area contributed by atoms with Crippen LogP contribution in [-0.2, 0) is 7.05 Å². The van der Waals surface area contributed by atoms with Gasteiger partial charge in [-0.15, -0.1) is 0 Å². The summed E-state index contributed by atoms with van der Waals surface area (Å²) in [7, 11) is 2.16. The SMILES string of the molecule is Cc1c2c(c(C)c3ccncc13)-c1c3c(cc(C4CC5CCC4C5)cc3cc[n+]1C)O2. The molecule has 0 saturated heterocycles. The number of nitrogens with zero attached hydrogens (tertiary/aromatic N) is 2. The molecule has 2 aromatic heterocycles. The summed E-state index contributed by atoms with van der Waals surface area (Å²) in [6, 6.07) is 9.21. The molecule has 0 N–H and O–H groups in total. The first-order chi connectivity index (χ1) is 15.1. The molecule has 154 valence electrons. The van der Waals surface area contributed by atoms with Crippen molar-refractivity contribution in [3.05, 3.63) is 59.5 Å². The lowest BCUT2D eigenvalue weighted by Crippen LogP contribution is -2.32. The number of rotatable bonds is 1. The van der Waals surface area contributed by atoms with Crippen LogP contribution in [0.4, 0.5) is 0 Å². The summed E-state index contributed by atoms with van der Waals surface area (Å²) in [5.74, 6) is 4.53. The van der Waals surface area contributed by atoms with Crippen molar-refractivity contribution in [1.82, 2.24) is 4.98 Å². The third-order valence-electron chi connectivity index (χ3n) is 8.41. The molecule has 2 fully saturated rings. The lowest BCUT2D eigenvalue weighted by Gasteiger charge is -2.27. The second-order valence-corrected chi connectivity index (χ2v) is 10.0. The standard InChI is InChI=1S/C28H27N2O/c1-15-21-6-8-29-14-23(21)16(2)28-25(15)27-26-19(7-9-30(27)3)12-20(13-24(26)31-28)22-11-17-4-5-18(22)10-17/h6-9,12-14,17-18,22H,4-5,10-11H2,1-3H3/q+1. The van der Waals surface area contributed by atoms with E-state index in [0.29, 0.717) is 5.92 Å². The van der Waals surface area contributed by atoms with Crippen LogP contribution in [0.1, 0.15) is 48.3 Å². The number of benzene rings is 2. The first-order valence-corrected chi connectivity index (χ1v) is 11.6. The largest absolute Gasteiger partial charge is 0.455 e. The Morgan fingerprint density at radius 3 is 2.74 bits per heavy atom. The van der Waals surface area contributed by atoms with Gasteiger partial charge < -0.3 is 4.74 Å². The second-order valence-electron chi connectivity index (χ2n) is 10.0. The Bertz CT molecular complexity index is 1420. The fraction of sp³-hybridized carbons (Fsp3) is 0.357. The van der Waals surface area contributed by atoms with Gasteiger partial charge in [0.25, 0.3) is 0 Å². The fourth-order valence-corrected chi connectivity index (χ4v) is 6.89. The Balaban J connectivity index is 1.53. The number of aryl methyl sites for hydroxylation is 3. The molecule has 31 heavy (non-hydrogen) atoms. The monoisotopic (exact) mass is 407 g/mol. The van der Waals surface area contributed by atoms with Gasteiger partial charge in [-0.2, -0.15) is 0 Å². The Hall–Kier alpha value is -2.94. The summed E-state index contributed by atoms with van der Waals surface area (Å²) < 4.78 is 9.03. The van der Waals surface area contributed by atoms with Gasteiger partial charge in [-0.1, -0.05) is 12.5 Å². The number of hydrogen-bond donors (Lipinski definition) is 0. The van der Waals surface area contributed by atoms with Crippen LogP contribution < -0.4 is 9.30 Å². The Morgan fingerprint density at radius 2 is 1.94 bits per heavy atom. The molecule has 0 spiro atoms. The van der Waals surface area contributed by atoms with Crippen molar-refractivity contribution in [3.8, 4) is 22.8 Å². The van der Waals surface area contributed by atoms with Crippen molar-refractivity contribution in [1.29, 1.82) is 0 Å². The molecule has 3 nitrogen and oxygen atoms in total. The molecule has 4 aromatic rings. The number of ether oxygens (including phenoxy) is 1. The average molecular weight is 408 g/mol. The topological polar surface area (TPSA) is 26.0 Å². The number of pyridine rings is 2. The summed E-state index contributed by atoms with van der Waals surface area (Å²) in [5.41, 5.74) is 6.42. The van der Waals surface area contributed by atoms with E-state index in [4.69, 9.17) is 4.74 Å². The van der Waals surface area contributed by atoms with Crippen molar-refractivity contribution in [3.63, 3.8) is 0 Å². The molecule has 3 heteroatoms. The lowest BCUT2D eigenvalue weighted by molar-refractivity contribution is -0.659. The highest BCUT2D eigenvalue weighted by Gasteiger charge is 2.41. The summed E-state index contributed by atoms with van der Waals surface area (Å²) in [6.45, 7) is 4.39. The van der Waals surface area contributed by atoms with Crippen LogP contribution in [0.5, 0.6) is 11.5 Å². The van der Waals surface area contributed by atoms with Gasteiger partial charge in [-0.25, -0.2) is 4.57 Å². The molecule has 3 atom stereocenters. The molecule has 2 saturated carbocycles. The van der Waals surface area contributed by atoms with E-state index >= 15 is 0 Å². The normalized spacial score (nSPS) is 23.4. The minimum atomic E-state index is 0.699. The molecule has 2 aliphatic carbocycles. The van der Waals surface area contributed by atoms with Crippen LogP contribution >= 0.6 is 0 Å². The summed E-state index contributed by atoms with van der Waals surface area (Å²) in [4.78, 5) is 4.39. The third kappa shape index (κ3) is 2.29. The zero-order valence-electron chi connectivity index (χ0n) is 18.4. The van der Waals surface area contributed by atoms with Crippen LogP contribution in [0, 0.1) is 25.7 Å². The van der Waals surface area contributed by atoms with E-state index < -0.39 is 0 Å². The quantitative estimate of drug-likeness (QED) is 0.296. The maximum Gasteiger partial charge on any atom is 0.228 e. The molecular weight excluding hydrogens is 380 g/mol. The Labute approximate surface area is 182 Å². The highest BCUT2D eigenvalue weighted by molar-refractivity contribution is 6.06. The van der Waals surface area contributed by atoms with E-state index in [9.17, 15) is 0 Å². The maximum absolute atomic E-state index is 6.76. The van der Waals surface area contributed by atoms with E-state index in [-0.39, 0.29) is 0 Å². The van der Waals surface area contributed by atoms with E-state index in [1.165, 1.54) is 75.2 Å². The molecular formula is C28H27N2O+. The first-order valence-electron chi connectivity index (χ1n) is 11.6. The van der Waals surface area contributed by atoms with Gasteiger partial charge in [0, 0.05) is 29.4 Å². The molecule has 0 radical (unpaired) electrons. The average Bonchev–Trinajstić information content (AvgIpc) is 3.43. The van der Waals surface area contributed by atoms with Crippen LogP contribution in [0.2, 0.25) is 0 Å². The van der Waals surface area contributed by atoms with Gasteiger partial charge in [-0.3, -0.25) is 4.98 Å². The molecule has 3 unspecified atom stereocenters. The fourth-order valence-electron chi connectivity index (χ4n) is 6.89. The van der Waals surface area contributed by atoms with Crippen molar-refractivity contribution in [2.24, 2.45) is 18.9 Å². The second kappa shape index (κ2) is 6.06. The van der Waals surface area contributed by atoms with Gasteiger partial charge in [0.2, 0.25) is 5.69 Å². The lowest BCUT2D eigenvalue weighted by atomic mass is 9.82. The van der Waals surface area contributed by atoms with Crippen LogP contribution in [0.15, 0.2) is 42.9 Å². The zero-order chi connectivity index (χ0) is 20.9. The minimum absolute atomic E-state index is 0.699. The van der Waals surface area contributed by atoms with E-state index in [1.54, 1.807) is 0 Å². The predicted molar refractivity (Wildman–Crippen MR) is 124 cm³/mol. The van der Waals surface area contributed by atoms with Crippen LogP contribution in [0.25, 0.3) is 32.8 Å². The van der Waals surface area contributed by atoms with Crippen molar-refractivity contribution < 1.29 is 9.30 Å². The summed E-state index contributed by atoms with van der Waals surface area (Å²) in [5, 5.41) is 5.00. The van der Waals surface area contributed by atoms with E-state index in [2.05, 4.69) is 60.9 Å². The van der Waals surface area contributed by atoms with Gasteiger partial charge in [-0.05, 0) is 84.9 Å². The van der Waals surface area contributed by atoms with E-state index in [0.717, 1.165) is 23.3 Å². The van der Waals surface area contributed by atoms with Crippen molar-refractivity contribution in [2.45, 2.75) is 45.4 Å². The van der Waals surface area contributed by atoms with E-state index in [1.807, 2.05) is 12.4 Å². The van der Waals surface area contributed by atoms with Crippen molar-refractivity contribution >= 4 is 21.5 Å². The predicted octanol–water partition coefficient (Wildman–Crippen LogP) is 6.51. The Kier molecular flexibility index (Phi) is 3.46. The molecule has 0 amide bonds. The molecule has 3 aliphatic rings. The van der Waals surface area contributed by atoms with Crippen molar-refractivity contribution in [2.75, 3.05) is 0 Å². The highest BCUT2D eigenvalue weighted by Crippen LogP contribution is 2.55. The number of hydrogen-bond acceptors (Lipinski definition) is 2. The summed E-state index contributed by atoms with van der Waals surface area (Å²) >= 11 is 0. The molecule has 7 rings (SSSR count). The van der Waals surface area contributed by atoms with Crippen LogP contribution in [0.3, 0.4) is 0 Å². The highest BCUT2D eigenvalue weighted by atomic mass is 16.5. The minimum Gasteiger partial charge on any atom is -0.455 e. The Morgan fingerprint density at radius 1 is 1.03 bits per heavy atom. The van der Waals surface area contributed by atoms with Gasteiger partial charge in [0.15, 0.2) is 6.20 Å². The molecule has 2 aromatic carbocycles. The maximum atomic E-state index is 6.76. The molecule has 3 heterocycles. The number of aromatic nitrogens is 2. The van der Waals surface area contributed by atoms with Crippen LogP contribution in [-0.4, -0.2) is 4.98 Å². The smallest absolute Gasteiger partial charge is 0.228 e.